The van der Waals surface area contributed by atoms with Crippen molar-refractivity contribution in [3.05, 3.63) is 35.4 Å². The van der Waals surface area contributed by atoms with E-state index in [0.717, 1.165) is 12.6 Å². The van der Waals surface area contributed by atoms with Crippen LogP contribution in [0, 0.1) is 6.92 Å². The van der Waals surface area contributed by atoms with Crippen LogP contribution in [0.2, 0.25) is 0 Å². The molecule has 1 aromatic carbocycles. The van der Waals surface area contributed by atoms with E-state index in [1.165, 1.54) is 30.4 Å². The summed E-state index contributed by atoms with van der Waals surface area (Å²) in [7, 11) is 1.82. The van der Waals surface area contributed by atoms with E-state index in [9.17, 15) is 0 Å². The van der Waals surface area contributed by atoms with E-state index in [1.807, 2.05) is 7.05 Å². The molecule has 2 aliphatic heterocycles. The summed E-state index contributed by atoms with van der Waals surface area (Å²) in [6.07, 6.45) is 3.91. The van der Waals surface area contributed by atoms with Gasteiger partial charge in [0.25, 0.3) is 6.02 Å². The number of piperidine rings is 1. The zero-order chi connectivity index (χ0) is 12.5. The molecule has 3 heteroatoms. The van der Waals surface area contributed by atoms with Gasteiger partial charge in [0.1, 0.15) is 6.10 Å². The Kier molecular flexibility index (Phi) is 2.98. The van der Waals surface area contributed by atoms with E-state index < -0.39 is 0 Å². The van der Waals surface area contributed by atoms with Crippen LogP contribution in [-0.4, -0.2) is 30.6 Å². The van der Waals surface area contributed by atoms with E-state index in [1.54, 1.807) is 0 Å². The van der Waals surface area contributed by atoms with Crippen LogP contribution in [0.3, 0.4) is 0 Å². The number of benzene rings is 1. The van der Waals surface area contributed by atoms with E-state index in [-0.39, 0.29) is 6.10 Å². The van der Waals surface area contributed by atoms with E-state index in [2.05, 4.69) is 41.1 Å². The number of amidine groups is 1. The first-order valence-electron chi connectivity index (χ1n) is 6.76. The fourth-order valence-corrected chi connectivity index (χ4v) is 3.09. The molecule has 0 amide bonds. The Morgan fingerprint density at radius 1 is 1.33 bits per heavy atom. The van der Waals surface area contributed by atoms with Crippen LogP contribution < -0.4 is 0 Å². The fraction of sp³-hybridized carbons (Fsp3) is 0.533. The monoisotopic (exact) mass is 244 g/mol. The van der Waals surface area contributed by atoms with Crippen LogP contribution in [0.1, 0.15) is 36.5 Å². The van der Waals surface area contributed by atoms with E-state index in [4.69, 9.17) is 4.74 Å². The molecule has 2 heterocycles. The maximum absolute atomic E-state index is 6.07. The molecule has 0 spiro atoms. The summed E-state index contributed by atoms with van der Waals surface area (Å²) in [6.45, 7) is 3.21. The summed E-state index contributed by atoms with van der Waals surface area (Å²) < 4.78 is 6.07. The van der Waals surface area contributed by atoms with Crippen molar-refractivity contribution in [1.82, 2.24) is 4.90 Å². The number of nitrogens with zero attached hydrogens (tertiary/aromatic N) is 2. The first-order valence-corrected chi connectivity index (χ1v) is 6.76. The molecule has 3 rings (SSSR count). The molecule has 3 nitrogen and oxygen atoms in total. The predicted molar refractivity (Wildman–Crippen MR) is 72.7 cm³/mol. The summed E-state index contributed by atoms with van der Waals surface area (Å²) in [4.78, 5) is 6.63. The molecule has 18 heavy (non-hydrogen) atoms. The molecule has 0 unspecified atom stereocenters. The van der Waals surface area contributed by atoms with Crippen molar-refractivity contribution in [1.29, 1.82) is 0 Å². The Morgan fingerprint density at radius 2 is 2.22 bits per heavy atom. The molecule has 0 radical (unpaired) electrons. The van der Waals surface area contributed by atoms with Gasteiger partial charge in [-0.2, -0.15) is 0 Å². The van der Waals surface area contributed by atoms with Crippen molar-refractivity contribution in [3.63, 3.8) is 0 Å². The molecule has 1 aromatic rings. The fourth-order valence-electron chi connectivity index (χ4n) is 3.09. The largest absolute Gasteiger partial charge is 0.455 e. The third kappa shape index (κ3) is 1.88. The zero-order valence-electron chi connectivity index (χ0n) is 11.1. The summed E-state index contributed by atoms with van der Waals surface area (Å²) in [5.74, 6) is 0. The summed E-state index contributed by atoms with van der Waals surface area (Å²) in [5, 5.41) is 0. The number of aryl methyl sites for hydroxylation is 1. The van der Waals surface area contributed by atoms with Crippen molar-refractivity contribution in [3.8, 4) is 0 Å². The van der Waals surface area contributed by atoms with Crippen LogP contribution in [0.4, 0.5) is 0 Å². The van der Waals surface area contributed by atoms with Crippen LogP contribution in [-0.2, 0) is 4.74 Å². The molecular formula is C15H20N2O. The lowest BCUT2D eigenvalue weighted by atomic mass is 9.94. The average molecular weight is 244 g/mol. The van der Waals surface area contributed by atoms with Crippen molar-refractivity contribution in [2.45, 2.75) is 38.3 Å². The highest BCUT2D eigenvalue weighted by molar-refractivity contribution is 5.76. The van der Waals surface area contributed by atoms with Gasteiger partial charge in [0.05, 0.1) is 6.04 Å². The number of ether oxygens (including phenoxy) is 1. The third-order valence-electron chi connectivity index (χ3n) is 3.94. The molecule has 2 fully saturated rings. The van der Waals surface area contributed by atoms with Crippen LogP contribution in [0.5, 0.6) is 0 Å². The normalized spacial score (nSPS) is 29.2. The topological polar surface area (TPSA) is 24.8 Å². The highest BCUT2D eigenvalue weighted by Gasteiger charge is 2.41. The maximum atomic E-state index is 6.07. The van der Waals surface area contributed by atoms with Gasteiger partial charge in [-0.3, -0.25) is 0 Å². The first-order chi connectivity index (χ1) is 8.79. The van der Waals surface area contributed by atoms with Crippen molar-refractivity contribution >= 4 is 6.02 Å². The van der Waals surface area contributed by atoms with Crippen molar-refractivity contribution in [2.75, 3.05) is 13.6 Å². The van der Waals surface area contributed by atoms with E-state index >= 15 is 0 Å². The van der Waals surface area contributed by atoms with Gasteiger partial charge in [-0.1, -0.05) is 29.8 Å². The lowest BCUT2D eigenvalue weighted by molar-refractivity contribution is 0.168. The van der Waals surface area contributed by atoms with Crippen LogP contribution in [0.25, 0.3) is 0 Å². The Hall–Kier alpha value is -1.51. The van der Waals surface area contributed by atoms with Gasteiger partial charge in [-0.15, -0.1) is 0 Å². The molecule has 2 atom stereocenters. The average Bonchev–Trinajstić information content (AvgIpc) is 2.77. The summed E-state index contributed by atoms with van der Waals surface area (Å²) in [5.41, 5.74) is 2.57. The van der Waals surface area contributed by atoms with Gasteiger partial charge < -0.3 is 9.64 Å². The highest BCUT2D eigenvalue weighted by Crippen LogP contribution is 2.37. The Bertz CT molecular complexity index is 469. The lowest BCUT2D eigenvalue weighted by Gasteiger charge is -2.30. The number of hydrogen-bond acceptors (Lipinski definition) is 2. The number of aliphatic imine (C=N–C) groups is 1. The Balaban J connectivity index is 1.93. The lowest BCUT2D eigenvalue weighted by Crippen LogP contribution is -2.38. The minimum absolute atomic E-state index is 0.156. The van der Waals surface area contributed by atoms with Crippen LogP contribution >= 0.6 is 0 Å². The number of rotatable bonds is 1. The smallest absolute Gasteiger partial charge is 0.288 e. The SMILES string of the molecule is CN=C1O[C@@H](c2cccc(C)c2)[C@H]2CCCCN12. The summed E-state index contributed by atoms with van der Waals surface area (Å²) in [6, 6.07) is 9.94. The minimum Gasteiger partial charge on any atom is -0.455 e. The summed E-state index contributed by atoms with van der Waals surface area (Å²) >= 11 is 0. The highest BCUT2D eigenvalue weighted by atomic mass is 16.5. The number of fused-ring (bicyclic) bond motifs is 1. The Labute approximate surface area is 108 Å². The predicted octanol–water partition coefficient (Wildman–Crippen LogP) is 2.91. The molecule has 2 aliphatic rings. The van der Waals surface area contributed by atoms with Gasteiger partial charge in [0.15, 0.2) is 0 Å². The molecule has 0 N–H and O–H groups in total. The maximum Gasteiger partial charge on any atom is 0.288 e. The van der Waals surface area contributed by atoms with Gasteiger partial charge >= 0.3 is 0 Å². The molecular weight excluding hydrogens is 224 g/mol. The third-order valence-corrected chi connectivity index (χ3v) is 3.94. The zero-order valence-corrected chi connectivity index (χ0v) is 11.1. The van der Waals surface area contributed by atoms with Crippen molar-refractivity contribution in [2.24, 2.45) is 4.99 Å². The Morgan fingerprint density at radius 3 is 3.00 bits per heavy atom. The van der Waals surface area contributed by atoms with E-state index in [0.29, 0.717) is 6.04 Å². The van der Waals surface area contributed by atoms with Gasteiger partial charge in [-0.05, 0) is 31.7 Å². The molecule has 0 bridgehead atoms. The molecule has 0 saturated carbocycles. The first kappa shape index (κ1) is 11.6. The molecule has 96 valence electrons. The second-order valence-corrected chi connectivity index (χ2v) is 5.22. The second kappa shape index (κ2) is 4.63. The molecule has 0 aliphatic carbocycles. The standard InChI is InChI=1S/C15H20N2O/c1-11-6-5-7-12(10-11)14-13-8-3-4-9-17(13)15(16-2)18-14/h5-7,10,13-14H,3-4,8-9H2,1-2H3/t13-,14+/m1/s1. The second-order valence-electron chi connectivity index (χ2n) is 5.22. The molecule has 0 aromatic heterocycles. The van der Waals surface area contributed by atoms with Gasteiger partial charge in [0, 0.05) is 13.6 Å². The number of hydrogen-bond donors (Lipinski definition) is 0. The van der Waals surface area contributed by atoms with Gasteiger partial charge in [-0.25, -0.2) is 4.99 Å². The quantitative estimate of drug-likeness (QED) is 0.759. The van der Waals surface area contributed by atoms with Crippen molar-refractivity contribution < 1.29 is 4.74 Å². The van der Waals surface area contributed by atoms with Crippen LogP contribution in [0.15, 0.2) is 29.3 Å². The molecule has 2 saturated heterocycles. The van der Waals surface area contributed by atoms with Gasteiger partial charge in [0.2, 0.25) is 0 Å². The minimum atomic E-state index is 0.156.